The summed E-state index contributed by atoms with van der Waals surface area (Å²) in [7, 11) is 0. The second kappa shape index (κ2) is 8.98. The van der Waals surface area contributed by atoms with Crippen LogP contribution in [0.25, 0.3) is 5.69 Å². The van der Waals surface area contributed by atoms with Crippen LogP contribution in [0, 0.1) is 6.92 Å². The lowest BCUT2D eigenvalue weighted by Gasteiger charge is -2.17. The first-order chi connectivity index (χ1) is 16.5. The van der Waals surface area contributed by atoms with Crippen LogP contribution in [0.1, 0.15) is 44.5 Å². The SMILES string of the molecule is CCc1c(C(=O)Nc2ccc(C(=O)N3CCc4ccccc43)cc2)cnn1-c1ccc(C)cc1. The molecule has 34 heavy (non-hydrogen) atoms. The van der Waals surface area contributed by atoms with E-state index in [0.29, 0.717) is 29.8 Å². The van der Waals surface area contributed by atoms with E-state index < -0.39 is 0 Å². The molecule has 6 nitrogen and oxygen atoms in total. The largest absolute Gasteiger partial charge is 0.322 e. The van der Waals surface area contributed by atoms with Gasteiger partial charge in [0.25, 0.3) is 11.8 Å². The van der Waals surface area contributed by atoms with Crippen molar-refractivity contribution in [1.82, 2.24) is 9.78 Å². The zero-order chi connectivity index (χ0) is 23.7. The van der Waals surface area contributed by atoms with Crippen LogP contribution in [0.15, 0.2) is 79.0 Å². The Morgan fingerprint density at radius 3 is 2.44 bits per heavy atom. The van der Waals surface area contributed by atoms with Gasteiger partial charge in [-0.15, -0.1) is 0 Å². The van der Waals surface area contributed by atoms with Gasteiger partial charge in [0.05, 0.1) is 23.1 Å². The summed E-state index contributed by atoms with van der Waals surface area (Å²) in [6, 6.07) is 23.1. The molecule has 0 atom stereocenters. The van der Waals surface area contributed by atoms with Gasteiger partial charge in [-0.2, -0.15) is 5.10 Å². The van der Waals surface area contributed by atoms with E-state index in [9.17, 15) is 9.59 Å². The van der Waals surface area contributed by atoms with E-state index in [0.717, 1.165) is 23.5 Å². The topological polar surface area (TPSA) is 67.2 Å². The molecule has 0 radical (unpaired) electrons. The standard InChI is InChI=1S/C28H26N4O2/c1-3-25-24(18-29-32(25)23-14-8-19(2)9-15-23)27(33)30-22-12-10-21(11-13-22)28(34)31-17-16-20-6-4-5-7-26(20)31/h4-15,18H,3,16-17H2,1-2H3,(H,30,33). The van der Waals surface area contributed by atoms with Crippen LogP contribution in [-0.4, -0.2) is 28.1 Å². The molecule has 2 heterocycles. The Balaban J connectivity index is 1.31. The molecular formula is C28H26N4O2. The molecule has 4 aromatic rings. The van der Waals surface area contributed by atoms with Gasteiger partial charge in [0.1, 0.15) is 0 Å². The Kier molecular flexibility index (Phi) is 5.72. The highest BCUT2D eigenvalue weighted by atomic mass is 16.2. The molecule has 1 aliphatic rings. The number of amides is 2. The van der Waals surface area contributed by atoms with E-state index in [1.165, 1.54) is 11.1 Å². The minimum Gasteiger partial charge on any atom is -0.322 e. The molecule has 0 saturated heterocycles. The summed E-state index contributed by atoms with van der Waals surface area (Å²) in [5.74, 6) is -0.252. The van der Waals surface area contributed by atoms with E-state index in [1.54, 1.807) is 30.5 Å². The highest BCUT2D eigenvalue weighted by Gasteiger charge is 2.25. The van der Waals surface area contributed by atoms with E-state index in [1.807, 2.05) is 65.9 Å². The molecule has 2 amide bonds. The third-order valence-electron chi connectivity index (χ3n) is 6.25. The Bertz CT molecular complexity index is 1350. The van der Waals surface area contributed by atoms with Gasteiger partial charge in [-0.1, -0.05) is 42.8 Å². The highest BCUT2D eigenvalue weighted by molar-refractivity contribution is 6.08. The smallest absolute Gasteiger partial charge is 0.259 e. The van der Waals surface area contributed by atoms with Gasteiger partial charge in [-0.25, -0.2) is 4.68 Å². The Hall–Kier alpha value is -4.19. The Labute approximate surface area is 198 Å². The van der Waals surface area contributed by atoms with Gasteiger partial charge in [0.2, 0.25) is 0 Å². The maximum absolute atomic E-state index is 13.0. The molecule has 0 aliphatic carbocycles. The van der Waals surface area contributed by atoms with Crippen LogP contribution in [0.2, 0.25) is 0 Å². The van der Waals surface area contributed by atoms with Gasteiger partial charge in [-0.05, 0) is 67.8 Å². The molecule has 6 heteroatoms. The number of fused-ring (bicyclic) bond motifs is 1. The van der Waals surface area contributed by atoms with E-state index in [-0.39, 0.29) is 11.8 Å². The van der Waals surface area contributed by atoms with Crippen molar-refractivity contribution >= 4 is 23.2 Å². The fourth-order valence-electron chi connectivity index (χ4n) is 4.41. The molecule has 1 aliphatic heterocycles. The molecule has 0 fully saturated rings. The van der Waals surface area contributed by atoms with Crippen molar-refractivity contribution in [1.29, 1.82) is 0 Å². The third kappa shape index (κ3) is 3.99. The Morgan fingerprint density at radius 2 is 1.71 bits per heavy atom. The number of aromatic nitrogens is 2. The summed E-state index contributed by atoms with van der Waals surface area (Å²) in [5, 5.41) is 7.40. The van der Waals surface area contributed by atoms with Crippen molar-refractivity contribution in [3.8, 4) is 5.69 Å². The van der Waals surface area contributed by atoms with Gasteiger partial charge >= 0.3 is 0 Å². The fourth-order valence-corrected chi connectivity index (χ4v) is 4.41. The number of anilines is 2. The van der Waals surface area contributed by atoms with Crippen LogP contribution in [0.3, 0.4) is 0 Å². The number of nitrogens with zero attached hydrogens (tertiary/aromatic N) is 3. The average molecular weight is 451 g/mol. The van der Waals surface area contributed by atoms with Crippen molar-refractivity contribution < 1.29 is 9.59 Å². The van der Waals surface area contributed by atoms with Crippen molar-refractivity contribution in [2.75, 3.05) is 16.8 Å². The second-order valence-corrected chi connectivity index (χ2v) is 8.47. The summed E-state index contributed by atoms with van der Waals surface area (Å²) >= 11 is 0. The number of carbonyl (C=O) groups excluding carboxylic acids is 2. The molecule has 0 saturated carbocycles. The van der Waals surface area contributed by atoms with Crippen molar-refractivity contribution in [3.63, 3.8) is 0 Å². The lowest BCUT2D eigenvalue weighted by atomic mass is 10.1. The molecular weight excluding hydrogens is 424 g/mol. The maximum Gasteiger partial charge on any atom is 0.259 e. The molecule has 1 aromatic heterocycles. The lowest BCUT2D eigenvalue weighted by Crippen LogP contribution is -2.28. The summed E-state index contributed by atoms with van der Waals surface area (Å²) in [5.41, 5.74) is 6.87. The van der Waals surface area contributed by atoms with Crippen molar-refractivity contribution in [2.24, 2.45) is 0 Å². The summed E-state index contributed by atoms with van der Waals surface area (Å²) < 4.78 is 1.81. The number of nitrogens with one attached hydrogen (secondary N) is 1. The van der Waals surface area contributed by atoms with Gasteiger partial charge in [-0.3, -0.25) is 9.59 Å². The Morgan fingerprint density at radius 1 is 0.971 bits per heavy atom. The zero-order valence-electron chi connectivity index (χ0n) is 19.3. The average Bonchev–Trinajstić information content (AvgIpc) is 3.49. The first-order valence-corrected chi connectivity index (χ1v) is 11.5. The molecule has 0 unspecified atom stereocenters. The summed E-state index contributed by atoms with van der Waals surface area (Å²) in [6.45, 7) is 4.73. The first kappa shape index (κ1) is 21.6. The van der Waals surface area contributed by atoms with Gasteiger partial charge in [0, 0.05) is 23.5 Å². The predicted molar refractivity (Wildman–Crippen MR) is 134 cm³/mol. The van der Waals surface area contributed by atoms with Crippen LogP contribution >= 0.6 is 0 Å². The summed E-state index contributed by atoms with van der Waals surface area (Å²) in [4.78, 5) is 27.9. The fraction of sp³-hybridized carbons (Fsp3) is 0.179. The molecule has 0 spiro atoms. The number of rotatable bonds is 5. The number of benzene rings is 3. The summed E-state index contributed by atoms with van der Waals surface area (Å²) in [6.07, 6.45) is 3.14. The van der Waals surface area contributed by atoms with E-state index in [4.69, 9.17) is 0 Å². The number of carbonyl (C=O) groups is 2. The van der Waals surface area contributed by atoms with Crippen molar-refractivity contribution in [3.05, 3.63) is 107 Å². The van der Waals surface area contributed by atoms with Crippen LogP contribution in [-0.2, 0) is 12.8 Å². The predicted octanol–water partition coefficient (Wildman–Crippen LogP) is 5.20. The number of para-hydroxylation sites is 1. The third-order valence-corrected chi connectivity index (χ3v) is 6.25. The number of aryl methyl sites for hydroxylation is 1. The minimum atomic E-state index is -0.220. The van der Waals surface area contributed by atoms with Crippen LogP contribution in [0.5, 0.6) is 0 Å². The zero-order valence-corrected chi connectivity index (χ0v) is 19.3. The van der Waals surface area contributed by atoms with Crippen LogP contribution < -0.4 is 10.2 Å². The van der Waals surface area contributed by atoms with Gasteiger partial charge < -0.3 is 10.2 Å². The van der Waals surface area contributed by atoms with Crippen molar-refractivity contribution in [2.45, 2.75) is 26.7 Å². The van der Waals surface area contributed by atoms with E-state index >= 15 is 0 Å². The monoisotopic (exact) mass is 450 g/mol. The highest BCUT2D eigenvalue weighted by Crippen LogP contribution is 2.29. The molecule has 5 rings (SSSR count). The number of hydrogen-bond acceptors (Lipinski definition) is 3. The minimum absolute atomic E-state index is 0.0320. The quantitative estimate of drug-likeness (QED) is 0.455. The normalized spacial score (nSPS) is 12.5. The molecule has 170 valence electrons. The maximum atomic E-state index is 13.0. The molecule has 1 N–H and O–H groups in total. The second-order valence-electron chi connectivity index (χ2n) is 8.47. The number of hydrogen-bond donors (Lipinski definition) is 1. The lowest BCUT2D eigenvalue weighted by molar-refractivity contribution is 0.0988. The molecule has 0 bridgehead atoms. The first-order valence-electron chi connectivity index (χ1n) is 11.5. The van der Waals surface area contributed by atoms with Crippen LogP contribution in [0.4, 0.5) is 11.4 Å². The van der Waals surface area contributed by atoms with Gasteiger partial charge in [0.15, 0.2) is 0 Å². The van der Waals surface area contributed by atoms with E-state index in [2.05, 4.69) is 16.5 Å². The molecule has 3 aromatic carbocycles.